The number of amides is 2. The molecule has 0 bridgehead atoms. The van der Waals surface area contributed by atoms with Gasteiger partial charge in [-0.3, -0.25) is 9.59 Å². The molecule has 3 rings (SSSR count). The van der Waals surface area contributed by atoms with Gasteiger partial charge in [0.15, 0.2) is 0 Å². The highest BCUT2D eigenvalue weighted by Crippen LogP contribution is 2.27. The van der Waals surface area contributed by atoms with Crippen LogP contribution in [0.4, 0.5) is 11.4 Å². The molecule has 1 heterocycles. The fourth-order valence-electron chi connectivity index (χ4n) is 2.73. The van der Waals surface area contributed by atoms with Gasteiger partial charge in [-0.2, -0.15) is 0 Å². The number of benzene rings is 2. The first kappa shape index (κ1) is 15.1. The Morgan fingerprint density at radius 1 is 1.09 bits per heavy atom. The van der Waals surface area contributed by atoms with Crippen molar-refractivity contribution in [3.8, 4) is 5.75 Å². The van der Waals surface area contributed by atoms with Crippen molar-refractivity contribution in [1.29, 1.82) is 0 Å². The Hall–Kier alpha value is -2.82. The van der Waals surface area contributed by atoms with Crippen LogP contribution in [0.1, 0.15) is 12.0 Å². The summed E-state index contributed by atoms with van der Waals surface area (Å²) in [4.78, 5) is 26.3. The van der Waals surface area contributed by atoms with Gasteiger partial charge in [0.25, 0.3) is 0 Å². The van der Waals surface area contributed by atoms with E-state index in [1.807, 2.05) is 24.3 Å². The molecule has 23 heavy (non-hydrogen) atoms. The number of hydrogen-bond donors (Lipinski definition) is 1. The third kappa shape index (κ3) is 3.18. The Labute approximate surface area is 134 Å². The summed E-state index contributed by atoms with van der Waals surface area (Å²) in [5, 5.41) is 2.64. The molecular weight excluding hydrogens is 292 g/mol. The van der Waals surface area contributed by atoms with E-state index in [0.29, 0.717) is 18.0 Å². The average Bonchev–Trinajstić information content (AvgIpc) is 2.61. The summed E-state index contributed by atoms with van der Waals surface area (Å²) in [5.74, 6) is -0.473. The van der Waals surface area contributed by atoms with Crippen LogP contribution in [0.25, 0.3) is 0 Å². The van der Waals surface area contributed by atoms with E-state index in [1.54, 1.807) is 36.3 Å². The second kappa shape index (κ2) is 6.52. The lowest BCUT2D eigenvalue weighted by Crippen LogP contribution is -2.42. The Bertz CT molecular complexity index is 725. The lowest BCUT2D eigenvalue weighted by Gasteiger charge is -2.28. The number of para-hydroxylation sites is 1. The zero-order valence-corrected chi connectivity index (χ0v) is 12.9. The molecule has 0 saturated heterocycles. The maximum absolute atomic E-state index is 12.5. The molecule has 1 N–H and O–H groups in total. The number of carbonyl (C=O) groups excluding carboxylic acids is 2. The van der Waals surface area contributed by atoms with Crippen LogP contribution < -0.4 is 15.0 Å². The zero-order valence-electron chi connectivity index (χ0n) is 12.9. The van der Waals surface area contributed by atoms with Gasteiger partial charge in [-0.15, -0.1) is 0 Å². The highest BCUT2D eigenvalue weighted by Gasteiger charge is 2.27. The van der Waals surface area contributed by atoms with Crippen molar-refractivity contribution in [3.63, 3.8) is 0 Å². The zero-order chi connectivity index (χ0) is 16.2. The van der Waals surface area contributed by atoms with E-state index in [-0.39, 0.29) is 0 Å². The fourth-order valence-corrected chi connectivity index (χ4v) is 2.73. The molecule has 2 amide bonds. The van der Waals surface area contributed by atoms with Gasteiger partial charge in [-0.25, -0.2) is 0 Å². The molecule has 5 nitrogen and oxygen atoms in total. The summed E-state index contributed by atoms with van der Waals surface area (Å²) < 4.78 is 5.07. The van der Waals surface area contributed by atoms with Crippen LogP contribution in [0.5, 0.6) is 5.75 Å². The molecule has 0 atom stereocenters. The van der Waals surface area contributed by atoms with Crippen LogP contribution in [0, 0.1) is 0 Å². The number of aryl methyl sites for hydroxylation is 1. The maximum Gasteiger partial charge on any atom is 0.316 e. The van der Waals surface area contributed by atoms with Gasteiger partial charge in [0.2, 0.25) is 0 Å². The normalized spacial score (nSPS) is 13.2. The molecule has 0 fully saturated rings. The van der Waals surface area contributed by atoms with Crippen LogP contribution in [0.3, 0.4) is 0 Å². The minimum atomic E-state index is -0.633. The first-order valence-electron chi connectivity index (χ1n) is 7.54. The smallest absolute Gasteiger partial charge is 0.316 e. The quantitative estimate of drug-likeness (QED) is 0.868. The van der Waals surface area contributed by atoms with Gasteiger partial charge in [0.05, 0.1) is 7.11 Å². The summed E-state index contributed by atoms with van der Waals surface area (Å²) >= 11 is 0. The summed E-state index contributed by atoms with van der Waals surface area (Å²) in [6, 6.07) is 14.6. The Morgan fingerprint density at radius 3 is 2.57 bits per heavy atom. The predicted molar refractivity (Wildman–Crippen MR) is 88.7 cm³/mol. The molecule has 2 aromatic carbocycles. The molecule has 1 aliphatic rings. The van der Waals surface area contributed by atoms with Gasteiger partial charge in [0.1, 0.15) is 5.75 Å². The van der Waals surface area contributed by atoms with Crippen LogP contribution >= 0.6 is 0 Å². The van der Waals surface area contributed by atoms with Crippen LogP contribution in [0.15, 0.2) is 48.5 Å². The molecule has 1 aliphatic heterocycles. The number of hydrogen-bond acceptors (Lipinski definition) is 3. The molecule has 0 spiro atoms. The van der Waals surface area contributed by atoms with E-state index in [2.05, 4.69) is 5.32 Å². The van der Waals surface area contributed by atoms with Crippen molar-refractivity contribution in [1.82, 2.24) is 0 Å². The molecule has 0 aromatic heterocycles. The number of nitrogens with one attached hydrogen (secondary N) is 1. The Morgan fingerprint density at radius 2 is 1.83 bits per heavy atom. The molecule has 0 aliphatic carbocycles. The van der Waals surface area contributed by atoms with E-state index in [4.69, 9.17) is 4.74 Å². The first-order valence-corrected chi connectivity index (χ1v) is 7.54. The number of fused-ring (bicyclic) bond motifs is 1. The molecule has 5 heteroatoms. The number of ether oxygens (including phenoxy) is 1. The summed E-state index contributed by atoms with van der Waals surface area (Å²) in [7, 11) is 1.57. The van der Waals surface area contributed by atoms with Crippen LogP contribution in [-0.4, -0.2) is 25.5 Å². The van der Waals surface area contributed by atoms with E-state index >= 15 is 0 Å². The van der Waals surface area contributed by atoms with Crippen molar-refractivity contribution in [2.75, 3.05) is 23.9 Å². The lowest BCUT2D eigenvalue weighted by atomic mass is 10.0. The second-order valence-electron chi connectivity index (χ2n) is 5.37. The largest absolute Gasteiger partial charge is 0.497 e. The number of anilines is 2. The Balaban J connectivity index is 1.74. The minimum Gasteiger partial charge on any atom is -0.497 e. The fraction of sp³-hybridized carbons (Fsp3) is 0.222. The van der Waals surface area contributed by atoms with E-state index < -0.39 is 11.8 Å². The highest BCUT2D eigenvalue weighted by molar-refractivity contribution is 6.44. The van der Waals surface area contributed by atoms with Crippen molar-refractivity contribution >= 4 is 23.2 Å². The molecule has 2 aromatic rings. The number of methoxy groups -OCH3 is 1. The maximum atomic E-state index is 12.5. The van der Waals surface area contributed by atoms with Gasteiger partial charge in [0, 0.05) is 17.9 Å². The van der Waals surface area contributed by atoms with Crippen LogP contribution in [-0.2, 0) is 16.0 Å². The monoisotopic (exact) mass is 310 g/mol. The Kier molecular flexibility index (Phi) is 4.28. The van der Waals surface area contributed by atoms with Crippen molar-refractivity contribution < 1.29 is 14.3 Å². The first-order chi connectivity index (χ1) is 11.2. The van der Waals surface area contributed by atoms with E-state index in [9.17, 15) is 9.59 Å². The number of nitrogens with zero attached hydrogens (tertiary/aromatic N) is 1. The molecule has 0 unspecified atom stereocenters. The SMILES string of the molecule is COc1ccc(NC(=O)C(=O)N2CCCc3ccccc32)cc1. The second-order valence-corrected chi connectivity index (χ2v) is 5.37. The topological polar surface area (TPSA) is 58.6 Å². The van der Waals surface area contributed by atoms with Gasteiger partial charge >= 0.3 is 11.8 Å². The molecular formula is C18H18N2O3. The third-order valence-corrected chi connectivity index (χ3v) is 3.90. The van der Waals surface area contributed by atoms with Crippen molar-refractivity contribution in [2.24, 2.45) is 0 Å². The van der Waals surface area contributed by atoms with Gasteiger partial charge in [-0.05, 0) is 48.7 Å². The average molecular weight is 310 g/mol. The molecule has 0 radical (unpaired) electrons. The number of carbonyl (C=O) groups is 2. The standard InChI is InChI=1S/C18H18N2O3/c1-23-15-10-8-14(9-11-15)19-17(21)18(22)20-12-4-6-13-5-2-3-7-16(13)20/h2-3,5,7-11H,4,6,12H2,1H3,(H,19,21). The predicted octanol–water partition coefficient (Wildman–Crippen LogP) is 2.61. The van der Waals surface area contributed by atoms with Crippen molar-refractivity contribution in [3.05, 3.63) is 54.1 Å². The van der Waals surface area contributed by atoms with Gasteiger partial charge in [-0.1, -0.05) is 18.2 Å². The third-order valence-electron chi connectivity index (χ3n) is 3.90. The van der Waals surface area contributed by atoms with Crippen molar-refractivity contribution in [2.45, 2.75) is 12.8 Å². The number of rotatable bonds is 2. The summed E-state index contributed by atoms with van der Waals surface area (Å²) in [6.07, 6.45) is 1.79. The van der Waals surface area contributed by atoms with Gasteiger partial charge < -0.3 is 15.0 Å². The summed E-state index contributed by atoms with van der Waals surface area (Å²) in [6.45, 7) is 0.561. The van der Waals surface area contributed by atoms with E-state index in [0.717, 1.165) is 24.1 Å². The highest BCUT2D eigenvalue weighted by atomic mass is 16.5. The van der Waals surface area contributed by atoms with Crippen LogP contribution in [0.2, 0.25) is 0 Å². The summed E-state index contributed by atoms with van der Waals surface area (Å²) in [5.41, 5.74) is 2.49. The van der Waals surface area contributed by atoms with E-state index in [1.165, 1.54) is 0 Å². The molecule has 0 saturated carbocycles. The minimum absolute atomic E-state index is 0.534. The lowest BCUT2D eigenvalue weighted by molar-refractivity contribution is -0.134. The molecule has 118 valence electrons.